The molecule has 0 radical (unpaired) electrons. The lowest BCUT2D eigenvalue weighted by molar-refractivity contribution is -0.119. The smallest absolute Gasteiger partial charge is 0.243 e. The van der Waals surface area contributed by atoms with Crippen LogP contribution < -0.4 is 21.3 Å². The van der Waals surface area contributed by atoms with Crippen molar-refractivity contribution in [2.75, 3.05) is 28.6 Å². The average Bonchev–Trinajstić information content (AvgIpc) is 2.67. The number of amides is 2. The van der Waals surface area contributed by atoms with Gasteiger partial charge in [-0.25, -0.2) is 0 Å². The predicted octanol–water partition coefficient (Wildman–Crippen LogP) is 2.54. The summed E-state index contributed by atoms with van der Waals surface area (Å²) < 4.78 is 0. The van der Waals surface area contributed by atoms with E-state index in [2.05, 4.69) is 10.6 Å². The maximum atomic E-state index is 12.1. The number of carbonyl (C=O) groups is 2. The van der Waals surface area contributed by atoms with Gasteiger partial charge >= 0.3 is 0 Å². The maximum Gasteiger partial charge on any atom is 0.243 e. The van der Waals surface area contributed by atoms with E-state index in [4.69, 9.17) is 11.1 Å². The van der Waals surface area contributed by atoms with E-state index in [1.165, 1.54) is 0 Å². The van der Waals surface area contributed by atoms with Crippen molar-refractivity contribution in [2.45, 2.75) is 19.3 Å². The number of nitrogens with two attached hydrogens (primary N) is 1. The molecule has 0 atom stereocenters. The van der Waals surface area contributed by atoms with Crippen LogP contribution in [0.25, 0.3) is 0 Å². The first-order valence-electron chi connectivity index (χ1n) is 8.91. The Morgan fingerprint density at radius 2 is 1.89 bits per heavy atom. The summed E-state index contributed by atoms with van der Waals surface area (Å²) in [6, 6.07) is 14.4. The molecule has 7 nitrogen and oxygen atoms in total. The first-order valence-corrected chi connectivity index (χ1v) is 8.91. The van der Waals surface area contributed by atoms with Crippen LogP contribution in [0.3, 0.4) is 0 Å². The van der Waals surface area contributed by atoms with Gasteiger partial charge in [-0.2, -0.15) is 0 Å². The molecule has 1 heterocycles. The Bertz CT molecular complexity index is 848. The number of piperidine rings is 1. The number of benzene rings is 2. The first-order chi connectivity index (χ1) is 13.0. The molecule has 0 saturated carbocycles. The number of hydrogen-bond acceptors (Lipinski definition) is 4. The molecule has 1 aliphatic heterocycles. The fourth-order valence-electron chi connectivity index (χ4n) is 2.99. The van der Waals surface area contributed by atoms with E-state index in [0.717, 1.165) is 30.8 Å². The number of hydrogen-bond donors (Lipinski definition) is 4. The van der Waals surface area contributed by atoms with Crippen molar-refractivity contribution in [2.24, 2.45) is 5.73 Å². The number of rotatable bonds is 6. The van der Waals surface area contributed by atoms with Crippen molar-refractivity contribution < 1.29 is 9.59 Å². The molecule has 2 aromatic rings. The van der Waals surface area contributed by atoms with Crippen LogP contribution in [0, 0.1) is 5.41 Å². The Morgan fingerprint density at radius 1 is 1.11 bits per heavy atom. The summed E-state index contributed by atoms with van der Waals surface area (Å²) in [7, 11) is 0. The molecule has 5 N–H and O–H groups in total. The highest BCUT2D eigenvalue weighted by atomic mass is 16.2. The molecule has 1 aliphatic rings. The third-order valence-electron chi connectivity index (χ3n) is 4.41. The molecule has 2 amide bonds. The van der Waals surface area contributed by atoms with E-state index >= 15 is 0 Å². The Labute approximate surface area is 158 Å². The molecule has 0 unspecified atom stereocenters. The van der Waals surface area contributed by atoms with E-state index in [0.29, 0.717) is 17.7 Å². The van der Waals surface area contributed by atoms with Crippen LogP contribution in [0.2, 0.25) is 0 Å². The van der Waals surface area contributed by atoms with Crippen molar-refractivity contribution in [3.05, 3.63) is 54.1 Å². The molecule has 0 spiro atoms. The Hall–Kier alpha value is -3.35. The Morgan fingerprint density at radius 3 is 2.59 bits per heavy atom. The zero-order valence-electron chi connectivity index (χ0n) is 15.0. The minimum absolute atomic E-state index is 0.0449. The molecule has 1 fully saturated rings. The van der Waals surface area contributed by atoms with Gasteiger partial charge in [0.2, 0.25) is 11.8 Å². The zero-order chi connectivity index (χ0) is 19.2. The second-order valence-electron chi connectivity index (χ2n) is 6.45. The number of nitrogens with one attached hydrogen (secondary N) is 3. The molecule has 27 heavy (non-hydrogen) atoms. The largest absolute Gasteiger partial charge is 0.384 e. The van der Waals surface area contributed by atoms with Crippen molar-refractivity contribution in [3.63, 3.8) is 0 Å². The normalized spacial score (nSPS) is 13.9. The second-order valence-corrected chi connectivity index (χ2v) is 6.45. The lowest BCUT2D eigenvalue weighted by Crippen LogP contribution is -2.35. The molecule has 2 aromatic carbocycles. The van der Waals surface area contributed by atoms with Gasteiger partial charge in [-0.3, -0.25) is 15.0 Å². The molecule has 0 bridgehead atoms. The molecular formula is C20H23N5O2. The van der Waals surface area contributed by atoms with Crippen LogP contribution in [0.1, 0.15) is 24.8 Å². The van der Waals surface area contributed by atoms with Crippen molar-refractivity contribution in [1.29, 1.82) is 5.41 Å². The van der Waals surface area contributed by atoms with Crippen molar-refractivity contribution in [3.8, 4) is 0 Å². The fourth-order valence-corrected chi connectivity index (χ4v) is 2.99. The SMILES string of the molecule is N=C(N)c1cccc(NC(=O)CNc2ccc(N3CCCCC3=O)cc2)c1. The Kier molecular flexibility index (Phi) is 5.71. The molecule has 7 heteroatoms. The van der Waals surface area contributed by atoms with Crippen LogP contribution in [0.15, 0.2) is 48.5 Å². The average molecular weight is 365 g/mol. The van der Waals surface area contributed by atoms with Crippen LogP contribution >= 0.6 is 0 Å². The number of anilines is 3. The van der Waals surface area contributed by atoms with E-state index in [1.807, 2.05) is 29.2 Å². The summed E-state index contributed by atoms with van der Waals surface area (Å²) in [6.45, 7) is 0.861. The summed E-state index contributed by atoms with van der Waals surface area (Å²) in [5.74, 6) is -0.0865. The standard InChI is InChI=1S/C20H23N5O2/c21-20(22)14-4-3-5-16(12-14)24-18(26)13-23-15-7-9-17(10-8-15)25-11-2-1-6-19(25)27/h3-5,7-10,12,23H,1-2,6,11,13H2,(H3,21,22)(H,24,26). The molecule has 3 rings (SSSR count). The summed E-state index contributed by atoms with van der Waals surface area (Å²) in [6.07, 6.45) is 2.58. The minimum atomic E-state index is -0.203. The van der Waals surface area contributed by atoms with Gasteiger partial charge in [0.1, 0.15) is 5.84 Å². The third-order valence-corrected chi connectivity index (χ3v) is 4.41. The number of amidine groups is 1. The first kappa shape index (κ1) is 18.4. The highest BCUT2D eigenvalue weighted by Gasteiger charge is 2.19. The Balaban J connectivity index is 1.53. The number of nitrogens with zero attached hydrogens (tertiary/aromatic N) is 1. The quantitative estimate of drug-likeness (QED) is 0.465. The van der Waals surface area contributed by atoms with Gasteiger partial charge in [-0.15, -0.1) is 0 Å². The summed E-state index contributed by atoms with van der Waals surface area (Å²) in [5.41, 5.74) is 8.29. The van der Waals surface area contributed by atoms with Gasteiger partial charge in [0.15, 0.2) is 0 Å². The van der Waals surface area contributed by atoms with E-state index in [9.17, 15) is 9.59 Å². The van der Waals surface area contributed by atoms with Crippen molar-refractivity contribution in [1.82, 2.24) is 0 Å². The van der Waals surface area contributed by atoms with Gasteiger partial charge in [0, 0.05) is 35.6 Å². The zero-order valence-corrected chi connectivity index (χ0v) is 15.0. The van der Waals surface area contributed by atoms with Gasteiger partial charge in [0.25, 0.3) is 0 Å². The second kappa shape index (κ2) is 8.35. The van der Waals surface area contributed by atoms with Crippen molar-refractivity contribution >= 4 is 34.7 Å². The van der Waals surface area contributed by atoms with Gasteiger partial charge in [-0.05, 0) is 49.2 Å². The highest BCUT2D eigenvalue weighted by molar-refractivity contribution is 5.98. The number of nitrogen functional groups attached to an aromatic ring is 1. The minimum Gasteiger partial charge on any atom is -0.384 e. The predicted molar refractivity (Wildman–Crippen MR) is 107 cm³/mol. The number of carbonyl (C=O) groups excluding carboxylic acids is 2. The summed E-state index contributed by atoms with van der Waals surface area (Å²) in [4.78, 5) is 25.9. The van der Waals surface area contributed by atoms with E-state index < -0.39 is 0 Å². The monoisotopic (exact) mass is 365 g/mol. The van der Waals surface area contributed by atoms with Crippen LogP contribution in [0.4, 0.5) is 17.1 Å². The molecule has 0 aliphatic carbocycles. The lowest BCUT2D eigenvalue weighted by Gasteiger charge is -2.26. The maximum absolute atomic E-state index is 12.1. The molecular weight excluding hydrogens is 342 g/mol. The van der Waals surface area contributed by atoms with Gasteiger partial charge in [0.05, 0.1) is 6.54 Å². The van der Waals surface area contributed by atoms with Crippen LogP contribution in [-0.2, 0) is 9.59 Å². The van der Waals surface area contributed by atoms with E-state index in [-0.39, 0.29) is 24.2 Å². The van der Waals surface area contributed by atoms with Crippen LogP contribution in [0.5, 0.6) is 0 Å². The highest BCUT2D eigenvalue weighted by Crippen LogP contribution is 2.22. The van der Waals surface area contributed by atoms with E-state index in [1.54, 1.807) is 24.3 Å². The van der Waals surface area contributed by atoms with Gasteiger partial charge in [-0.1, -0.05) is 12.1 Å². The molecule has 0 aromatic heterocycles. The topological polar surface area (TPSA) is 111 Å². The van der Waals surface area contributed by atoms with Crippen LogP contribution in [-0.4, -0.2) is 30.7 Å². The molecule has 1 saturated heterocycles. The fraction of sp³-hybridized carbons (Fsp3) is 0.250. The third kappa shape index (κ3) is 4.84. The summed E-state index contributed by atoms with van der Waals surface area (Å²) >= 11 is 0. The lowest BCUT2D eigenvalue weighted by atomic mass is 10.1. The van der Waals surface area contributed by atoms with Gasteiger partial charge < -0.3 is 21.3 Å². The molecule has 140 valence electrons. The summed E-state index contributed by atoms with van der Waals surface area (Å²) in [5, 5.41) is 13.3.